The molecular weight excluding hydrogens is 389 g/mol. The molecule has 1 aromatic heterocycles. The summed E-state index contributed by atoms with van der Waals surface area (Å²) in [5.41, 5.74) is 1.48. The summed E-state index contributed by atoms with van der Waals surface area (Å²) < 4.78 is 46.6. The van der Waals surface area contributed by atoms with E-state index in [1.165, 1.54) is 31.4 Å². The summed E-state index contributed by atoms with van der Waals surface area (Å²) in [6, 6.07) is 8.22. The summed E-state index contributed by atoms with van der Waals surface area (Å²) >= 11 is 1.57. The molecule has 2 aromatic carbocycles. The number of rotatable bonds is 6. The number of quaternary nitrogens is 1. The van der Waals surface area contributed by atoms with E-state index in [0.29, 0.717) is 11.4 Å². The Balaban J connectivity index is 0.00000280. The lowest BCUT2D eigenvalue weighted by molar-refractivity contribution is 0.412. The Bertz CT molecular complexity index is 972. The van der Waals surface area contributed by atoms with Crippen molar-refractivity contribution in [2.24, 2.45) is 0 Å². The van der Waals surface area contributed by atoms with Crippen LogP contribution in [0.3, 0.4) is 0 Å². The van der Waals surface area contributed by atoms with Crippen molar-refractivity contribution < 1.29 is 17.9 Å². The van der Waals surface area contributed by atoms with Gasteiger partial charge in [0.25, 0.3) is 0 Å². The molecule has 28 heavy (non-hydrogen) atoms. The minimum absolute atomic E-state index is 0. The summed E-state index contributed by atoms with van der Waals surface area (Å²) in [4.78, 5) is 8.05. The average molecular weight is 409 g/mol. The second-order valence-electron chi connectivity index (χ2n) is 5.64. The quantitative estimate of drug-likeness (QED) is 0.557. The summed E-state index contributed by atoms with van der Waals surface area (Å²) in [5, 5.41) is 2.88. The Morgan fingerprint density at radius 2 is 1.86 bits per heavy atom. The maximum absolute atomic E-state index is 14.3. The Morgan fingerprint density at radius 3 is 2.57 bits per heavy atom. The second kappa shape index (κ2) is 9.43. The zero-order chi connectivity index (χ0) is 19.4. The molecule has 0 saturated carbocycles. The van der Waals surface area contributed by atoms with Crippen molar-refractivity contribution >= 4 is 23.4 Å². The predicted octanol–water partition coefficient (Wildman–Crippen LogP) is 5.55. The summed E-state index contributed by atoms with van der Waals surface area (Å²) in [5.74, 6) is -0.719. The van der Waals surface area contributed by atoms with Crippen molar-refractivity contribution in [1.82, 2.24) is 16.1 Å². The van der Waals surface area contributed by atoms with Gasteiger partial charge in [0.15, 0.2) is 5.82 Å². The first kappa shape index (κ1) is 21.5. The molecule has 0 unspecified atom stereocenters. The molecule has 0 atom stereocenters. The summed E-state index contributed by atoms with van der Waals surface area (Å²) in [6.07, 6.45) is 2.92. The van der Waals surface area contributed by atoms with Crippen molar-refractivity contribution in [3.63, 3.8) is 0 Å². The third-order valence-electron chi connectivity index (χ3n) is 3.69. The molecule has 148 valence electrons. The topological polar surface area (TPSA) is 83.5 Å². The predicted molar refractivity (Wildman–Crippen MR) is 107 cm³/mol. The average Bonchev–Trinajstić information content (AvgIpc) is 2.63. The van der Waals surface area contributed by atoms with Crippen LogP contribution in [0.5, 0.6) is 5.75 Å². The van der Waals surface area contributed by atoms with E-state index >= 15 is 0 Å². The molecule has 0 aliphatic heterocycles. The van der Waals surface area contributed by atoms with E-state index in [1.54, 1.807) is 17.8 Å². The molecule has 0 fully saturated rings. The Morgan fingerprint density at radius 1 is 1.07 bits per heavy atom. The van der Waals surface area contributed by atoms with Crippen molar-refractivity contribution in [3.05, 3.63) is 65.6 Å². The Labute approximate surface area is 164 Å². The van der Waals surface area contributed by atoms with E-state index in [1.807, 2.05) is 6.26 Å². The SMILES string of the molecule is COc1cc(F)ccc1-c1nc(Nc2cc(F)cc(CSC)c2)ncc1F.[NH4+]. The number of methoxy groups -OCH3 is 1. The number of thioether (sulfide) groups is 1. The highest BCUT2D eigenvalue weighted by Crippen LogP contribution is 2.31. The first-order chi connectivity index (χ1) is 13.0. The van der Waals surface area contributed by atoms with Crippen LogP contribution in [0.1, 0.15) is 5.56 Å². The second-order valence-corrected chi connectivity index (χ2v) is 6.51. The molecule has 3 rings (SSSR count). The molecular formula is C19H20F3N4OS+. The van der Waals surface area contributed by atoms with E-state index in [-0.39, 0.29) is 29.1 Å². The molecule has 5 N–H and O–H groups in total. The van der Waals surface area contributed by atoms with E-state index in [4.69, 9.17) is 4.74 Å². The van der Waals surface area contributed by atoms with E-state index < -0.39 is 17.5 Å². The number of hydrogen-bond donors (Lipinski definition) is 2. The molecule has 0 bridgehead atoms. The van der Waals surface area contributed by atoms with Gasteiger partial charge in [-0.2, -0.15) is 11.8 Å². The van der Waals surface area contributed by atoms with Crippen LogP contribution in [-0.2, 0) is 5.75 Å². The van der Waals surface area contributed by atoms with Crippen molar-refractivity contribution in [2.45, 2.75) is 5.75 Å². The molecule has 9 heteroatoms. The largest absolute Gasteiger partial charge is 0.496 e. The fourth-order valence-electron chi connectivity index (χ4n) is 2.58. The van der Waals surface area contributed by atoms with Gasteiger partial charge in [0.2, 0.25) is 5.95 Å². The fourth-order valence-corrected chi connectivity index (χ4v) is 3.08. The smallest absolute Gasteiger partial charge is 0.227 e. The first-order valence-corrected chi connectivity index (χ1v) is 9.31. The molecule has 3 aromatic rings. The molecule has 5 nitrogen and oxygen atoms in total. The third-order valence-corrected chi connectivity index (χ3v) is 4.31. The minimum Gasteiger partial charge on any atom is -0.496 e. The molecule has 0 radical (unpaired) electrons. The van der Waals surface area contributed by atoms with Crippen LogP contribution in [0.2, 0.25) is 0 Å². The van der Waals surface area contributed by atoms with E-state index in [0.717, 1.165) is 17.8 Å². The third kappa shape index (κ3) is 4.93. The number of anilines is 2. The van der Waals surface area contributed by atoms with Gasteiger partial charge in [0.1, 0.15) is 23.1 Å². The van der Waals surface area contributed by atoms with Gasteiger partial charge in [0, 0.05) is 23.1 Å². The lowest BCUT2D eigenvalue weighted by Crippen LogP contribution is -2.02. The van der Waals surface area contributed by atoms with Crippen molar-refractivity contribution in [1.29, 1.82) is 0 Å². The van der Waals surface area contributed by atoms with Gasteiger partial charge in [-0.3, -0.25) is 0 Å². The van der Waals surface area contributed by atoms with Gasteiger partial charge in [0.05, 0.1) is 13.3 Å². The molecule has 0 spiro atoms. The maximum atomic E-state index is 14.3. The number of ether oxygens (including phenoxy) is 1. The highest BCUT2D eigenvalue weighted by molar-refractivity contribution is 7.97. The maximum Gasteiger partial charge on any atom is 0.227 e. The summed E-state index contributed by atoms with van der Waals surface area (Å²) in [7, 11) is 1.36. The monoisotopic (exact) mass is 409 g/mol. The van der Waals surface area contributed by atoms with Crippen LogP contribution in [0.25, 0.3) is 11.3 Å². The standard InChI is InChI=1S/C19H16F3N3OS.H3N/c1-26-17-8-12(20)3-4-15(17)18-16(22)9-23-19(25-18)24-14-6-11(10-27-2)5-13(21)7-14;/h3-9H,10H2,1-2H3,(H,23,24,25);1H3/p+1. The highest BCUT2D eigenvalue weighted by atomic mass is 32.2. The van der Waals surface area contributed by atoms with Crippen LogP contribution < -0.4 is 16.2 Å². The highest BCUT2D eigenvalue weighted by Gasteiger charge is 2.15. The Hall–Kier alpha value is -2.78. The first-order valence-electron chi connectivity index (χ1n) is 7.92. The van der Waals surface area contributed by atoms with Crippen LogP contribution >= 0.6 is 11.8 Å². The van der Waals surface area contributed by atoms with Crippen molar-refractivity contribution in [3.8, 4) is 17.0 Å². The van der Waals surface area contributed by atoms with Crippen LogP contribution in [-0.4, -0.2) is 23.3 Å². The van der Waals surface area contributed by atoms with Gasteiger partial charge in [-0.25, -0.2) is 23.1 Å². The van der Waals surface area contributed by atoms with Gasteiger partial charge in [-0.1, -0.05) is 0 Å². The lowest BCUT2D eigenvalue weighted by Gasteiger charge is -2.11. The number of hydrogen-bond acceptors (Lipinski definition) is 5. The number of halogens is 3. The Kier molecular flexibility index (Phi) is 7.24. The number of nitrogens with zero attached hydrogens (tertiary/aromatic N) is 2. The normalized spacial score (nSPS) is 10.3. The lowest BCUT2D eigenvalue weighted by atomic mass is 10.1. The number of benzene rings is 2. The van der Waals surface area contributed by atoms with Crippen LogP contribution in [0.15, 0.2) is 42.6 Å². The molecule has 0 amide bonds. The van der Waals surface area contributed by atoms with E-state index in [9.17, 15) is 13.2 Å². The molecule has 0 aliphatic carbocycles. The van der Waals surface area contributed by atoms with Gasteiger partial charge < -0.3 is 16.2 Å². The fraction of sp³-hybridized carbons (Fsp3) is 0.158. The van der Waals surface area contributed by atoms with Crippen LogP contribution in [0.4, 0.5) is 24.8 Å². The number of nitrogens with one attached hydrogen (secondary N) is 1. The van der Waals surface area contributed by atoms with E-state index in [2.05, 4.69) is 15.3 Å². The zero-order valence-corrected chi connectivity index (χ0v) is 16.4. The van der Waals surface area contributed by atoms with Gasteiger partial charge >= 0.3 is 0 Å². The number of aromatic nitrogens is 2. The summed E-state index contributed by atoms with van der Waals surface area (Å²) in [6.45, 7) is 0. The minimum atomic E-state index is -0.687. The van der Waals surface area contributed by atoms with Gasteiger partial charge in [-0.15, -0.1) is 0 Å². The van der Waals surface area contributed by atoms with Gasteiger partial charge in [-0.05, 0) is 42.2 Å². The van der Waals surface area contributed by atoms with Crippen molar-refractivity contribution in [2.75, 3.05) is 18.7 Å². The zero-order valence-electron chi connectivity index (χ0n) is 15.6. The molecule has 0 aliphatic rings. The molecule has 0 saturated heterocycles. The van der Waals surface area contributed by atoms with Crippen LogP contribution in [0, 0.1) is 17.5 Å². The molecule has 1 heterocycles.